The van der Waals surface area contributed by atoms with Crippen molar-refractivity contribution in [2.24, 2.45) is 5.73 Å². The van der Waals surface area contributed by atoms with E-state index < -0.39 is 0 Å². The first-order valence-corrected chi connectivity index (χ1v) is 5.74. The van der Waals surface area contributed by atoms with Gasteiger partial charge in [-0.2, -0.15) is 0 Å². The number of hydrogen-bond acceptors (Lipinski definition) is 2. The molecule has 1 rings (SSSR count). The fourth-order valence-electron chi connectivity index (χ4n) is 1.80. The Labute approximate surface area is 105 Å². The number of hydrogen-bond donors (Lipinski definition) is 1. The molecular weight excluding hydrogens is 220 g/mol. The van der Waals surface area contributed by atoms with Gasteiger partial charge in [0.15, 0.2) is 0 Å². The molecule has 1 aromatic rings. The highest BCUT2D eigenvalue weighted by molar-refractivity contribution is 5.85. The van der Waals surface area contributed by atoms with E-state index >= 15 is 0 Å². The summed E-state index contributed by atoms with van der Waals surface area (Å²) in [6.07, 6.45) is 1.18. The fraction of sp³-hybridized carbons (Fsp3) is 0.538. The molecule has 1 unspecified atom stereocenters. The van der Waals surface area contributed by atoms with Gasteiger partial charge in [0, 0.05) is 19.1 Å². The van der Waals surface area contributed by atoms with Crippen molar-refractivity contribution in [2.45, 2.75) is 32.9 Å². The maximum Gasteiger partial charge on any atom is 0.0234 e. The molecule has 0 spiro atoms. The lowest BCUT2D eigenvalue weighted by atomic mass is 10.2. The molecule has 2 N–H and O–H groups in total. The van der Waals surface area contributed by atoms with Gasteiger partial charge in [-0.05, 0) is 25.5 Å². The van der Waals surface area contributed by atoms with Gasteiger partial charge in [-0.3, -0.25) is 4.90 Å². The Hall–Kier alpha value is -0.570. The van der Waals surface area contributed by atoms with E-state index in [4.69, 9.17) is 5.73 Å². The maximum atomic E-state index is 5.84. The lowest BCUT2D eigenvalue weighted by Crippen LogP contribution is -2.35. The Morgan fingerprint density at radius 2 is 1.88 bits per heavy atom. The minimum Gasteiger partial charge on any atom is -0.327 e. The van der Waals surface area contributed by atoms with Gasteiger partial charge in [-0.25, -0.2) is 0 Å². The van der Waals surface area contributed by atoms with E-state index in [1.165, 1.54) is 12.0 Å². The highest BCUT2D eigenvalue weighted by Crippen LogP contribution is 2.05. The Bertz CT molecular complexity index is 262. The fourth-order valence-corrected chi connectivity index (χ4v) is 1.80. The van der Waals surface area contributed by atoms with Crippen LogP contribution in [-0.4, -0.2) is 24.0 Å². The molecule has 1 atom stereocenters. The van der Waals surface area contributed by atoms with Crippen LogP contribution in [0.15, 0.2) is 30.3 Å². The van der Waals surface area contributed by atoms with E-state index in [2.05, 4.69) is 49.1 Å². The smallest absolute Gasteiger partial charge is 0.0234 e. The number of rotatable bonds is 6. The molecule has 92 valence electrons. The molecule has 2 nitrogen and oxygen atoms in total. The molecule has 0 aliphatic heterocycles. The molecule has 0 aromatic heterocycles. The van der Waals surface area contributed by atoms with Gasteiger partial charge in [0.2, 0.25) is 0 Å². The summed E-state index contributed by atoms with van der Waals surface area (Å²) in [4.78, 5) is 2.42. The molecule has 0 saturated heterocycles. The molecule has 0 aliphatic carbocycles. The van der Waals surface area contributed by atoms with E-state index in [0.29, 0.717) is 0 Å². The number of benzene rings is 1. The molecule has 0 fully saturated rings. The number of nitrogens with zero attached hydrogens (tertiary/aromatic N) is 1. The zero-order valence-electron chi connectivity index (χ0n) is 10.2. The van der Waals surface area contributed by atoms with Crippen LogP contribution in [0.1, 0.15) is 25.8 Å². The van der Waals surface area contributed by atoms with Crippen molar-refractivity contribution in [1.82, 2.24) is 4.90 Å². The highest BCUT2D eigenvalue weighted by atomic mass is 35.5. The van der Waals surface area contributed by atoms with E-state index in [1.54, 1.807) is 0 Å². The summed E-state index contributed by atoms with van der Waals surface area (Å²) in [5.74, 6) is 0. The summed E-state index contributed by atoms with van der Waals surface area (Å²) in [6.45, 7) is 7.38. The van der Waals surface area contributed by atoms with Gasteiger partial charge < -0.3 is 5.73 Å². The predicted molar refractivity (Wildman–Crippen MR) is 72.9 cm³/mol. The largest absolute Gasteiger partial charge is 0.327 e. The van der Waals surface area contributed by atoms with Gasteiger partial charge in [-0.1, -0.05) is 37.3 Å². The highest BCUT2D eigenvalue weighted by Gasteiger charge is 2.06. The zero-order valence-corrected chi connectivity index (χ0v) is 11.0. The SMILES string of the molecule is CCCN(Cc1ccccc1)CC(C)N.Cl. The van der Waals surface area contributed by atoms with Crippen LogP contribution in [0.4, 0.5) is 0 Å². The summed E-state index contributed by atoms with van der Waals surface area (Å²) in [5.41, 5.74) is 7.20. The van der Waals surface area contributed by atoms with E-state index in [0.717, 1.165) is 19.6 Å². The van der Waals surface area contributed by atoms with Crippen molar-refractivity contribution >= 4 is 12.4 Å². The first-order chi connectivity index (χ1) is 7.22. The Morgan fingerprint density at radius 3 is 2.38 bits per heavy atom. The quantitative estimate of drug-likeness (QED) is 0.831. The Balaban J connectivity index is 0.00000225. The van der Waals surface area contributed by atoms with Crippen molar-refractivity contribution in [1.29, 1.82) is 0 Å². The molecule has 0 aliphatic rings. The van der Waals surface area contributed by atoms with Crippen LogP contribution >= 0.6 is 12.4 Å². The molecule has 0 amide bonds. The first-order valence-electron chi connectivity index (χ1n) is 5.74. The van der Waals surface area contributed by atoms with Crippen LogP contribution in [0.2, 0.25) is 0 Å². The van der Waals surface area contributed by atoms with E-state index in [-0.39, 0.29) is 18.4 Å². The summed E-state index contributed by atoms with van der Waals surface area (Å²) < 4.78 is 0. The average molecular weight is 243 g/mol. The maximum absolute atomic E-state index is 5.84. The topological polar surface area (TPSA) is 29.3 Å². The van der Waals surface area contributed by atoms with Gasteiger partial charge in [0.25, 0.3) is 0 Å². The van der Waals surface area contributed by atoms with Gasteiger partial charge in [-0.15, -0.1) is 12.4 Å². The summed E-state index contributed by atoms with van der Waals surface area (Å²) in [5, 5.41) is 0. The standard InChI is InChI=1S/C13H22N2.ClH/c1-3-9-15(10-12(2)14)11-13-7-5-4-6-8-13;/h4-8,12H,3,9-11,14H2,1-2H3;1H. The Kier molecular flexibility index (Phi) is 8.26. The molecule has 3 heteroatoms. The molecule has 0 radical (unpaired) electrons. The second kappa shape index (κ2) is 8.57. The molecule has 0 bridgehead atoms. The monoisotopic (exact) mass is 242 g/mol. The lowest BCUT2D eigenvalue weighted by molar-refractivity contribution is 0.253. The molecule has 1 aromatic carbocycles. The number of halogens is 1. The van der Waals surface area contributed by atoms with E-state index in [9.17, 15) is 0 Å². The molecule has 16 heavy (non-hydrogen) atoms. The molecule has 0 heterocycles. The van der Waals surface area contributed by atoms with Crippen LogP contribution in [0.3, 0.4) is 0 Å². The van der Waals surface area contributed by atoms with Crippen molar-refractivity contribution in [2.75, 3.05) is 13.1 Å². The van der Waals surface area contributed by atoms with Crippen LogP contribution in [0.25, 0.3) is 0 Å². The normalized spacial score (nSPS) is 12.2. The molecule has 0 saturated carbocycles. The van der Waals surface area contributed by atoms with Gasteiger partial charge in [0.1, 0.15) is 0 Å². The minimum atomic E-state index is 0. The predicted octanol–water partition coefficient (Wildman–Crippen LogP) is 2.67. The lowest BCUT2D eigenvalue weighted by Gasteiger charge is -2.23. The van der Waals surface area contributed by atoms with Gasteiger partial charge >= 0.3 is 0 Å². The van der Waals surface area contributed by atoms with Crippen molar-refractivity contribution < 1.29 is 0 Å². The summed E-state index contributed by atoms with van der Waals surface area (Å²) in [6, 6.07) is 10.8. The van der Waals surface area contributed by atoms with Crippen LogP contribution in [-0.2, 0) is 6.54 Å². The molecular formula is C13H23ClN2. The number of nitrogens with two attached hydrogens (primary N) is 1. The van der Waals surface area contributed by atoms with Crippen LogP contribution in [0.5, 0.6) is 0 Å². The van der Waals surface area contributed by atoms with E-state index in [1.807, 2.05) is 0 Å². The average Bonchev–Trinajstić information content (AvgIpc) is 2.18. The van der Waals surface area contributed by atoms with Crippen molar-refractivity contribution in [3.8, 4) is 0 Å². The van der Waals surface area contributed by atoms with Crippen molar-refractivity contribution in [3.05, 3.63) is 35.9 Å². The van der Waals surface area contributed by atoms with Crippen LogP contribution < -0.4 is 5.73 Å². The first kappa shape index (κ1) is 15.4. The third-order valence-electron chi connectivity index (χ3n) is 2.34. The van der Waals surface area contributed by atoms with Crippen LogP contribution in [0, 0.1) is 0 Å². The summed E-state index contributed by atoms with van der Waals surface area (Å²) >= 11 is 0. The second-order valence-electron chi connectivity index (χ2n) is 4.20. The summed E-state index contributed by atoms with van der Waals surface area (Å²) in [7, 11) is 0. The zero-order chi connectivity index (χ0) is 11.1. The van der Waals surface area contributed by atoms with Gasteiger partial charge in [0.05, 0.1) is 0 Å². The third-order valence-corrected chi connectivity index (χ3v) is 2.34. The minimum absolute atomic E-state index is 0. The van der Waals surface area contributed by atoms with Crippen molar-refractivity contribution in [3.63, 3.8) is 0 Å². The Morgan fingerprint density at radius 1 is 1.25 bits per heavy atom. The second-order valence-corrected chi connectivity index (χ2v) is 4.20. The third kappa shape index (κ3) is 6.11.